The van der Waals surface area contributed by atoms with E-state index in [1.165, 1.54) is 0 Å². The van der Waals surface area contributed by atoms with Gasteiger partial charge in [-0.2, -0.15) is 13.2 Å². The zero-order valence-corrected chi connectivity index (χ0v) is 9.47. The van der Waals surface area contributed by atoms with E-state index in [0.717, 1.165) is 0 Å². The first-order valence-corrected chi connectivity index (χ1v) is 4.88. The number of hydrogen-bond acceptors (Lipinski definition) is 4. The lowest BCUT2D eigenvalue weighted by Gasteiger charge is -2.09. The van der Waals surface area contributed by atoms with Gasteiger partial charge in [0, 0.05) is 0 Å². The summed E-state index contributed by atoms with van der Waals surface area (Å²) in [7, 11) is 0. The Labute approximate surface area is 96.3 Å². The van der Waals surface area contributed by atoms with Crippen molar-refractivity contribution in [2.45, 2.75) is 20.0 Å². The molecule has 0 atom stereocenters. The minimum atomic E-state index is -4.93. The number of carbonyl (C=O) groups excluding carboxylic acids is 2. The van der Waals surface area contributed by atoms with Crippen LogP contribution in [0.1, 0.15) is 13.8 Å². The predicted molar refractivity (Wildman–Crippen MR) is 51.2 cm³/mol. The highest BCUT2D eigenvalue weighted by atomic mass is 19.4. The van der Waals surface area contributed by atoms with E-state index in [1.54, 1.807) is 5.32 Å². The topological polar surface area (TPSA) is 64.6 Å². The fourth-order valence-electron chi connectivity index (χ4n) is 0.676. The summed E-state index contributed by atoms with van der Waals surface area (Å²) < 4.78 is 44.1. The van der Waals surface area contributed by atoms with E-state index in [9.17, 15) is 22.8 Å². The maximum absolute atomic E-state index is 11.7. The molecule has 0 unspecified atom stereocenters. The number of alkyl halides is 3. The van der Waals surface area contributed by atoms with Crippen molar-refractivity contribution in [2.24, 2.45) is 5.92 Å². The average molecular weight is 257 g/mol. The lowest BCUT2D eigenvalue weighted by atomic mass is 10.2. The molecule has 1 amide bonds. The molecule has 0 fully saturated rings. The maximum atomic E-state index is 11.7. The third kappa shape index (κ3) is 8.35. The molecule has 0 aliphatic heterocycles. The van der Waals surface area contributed by atoms with E-state index in [1.807, 2.05) is 13.8 Å². The monoisotopic (exact) mass is 257 g/mol. The van der Waals surface area contributed by atoms with Crippen molar-refractivity contribution in [3.05, 3.63) is 0 Å². The van der Waals surface area contributed by atoms with E-state index in [2.05, 4.69) is 9.47 Å². The Morgan fingerprint density at radius 2 is 1.82 bits per heavy atom. The highest BCUT2D eigenvalue weighted by molar-refractivity contribution is 5.81. The van der Waals surface area contributed by atoms with E-state index < -0.39 is 24.8 Å². The third-order valence-electron chi connectivity index (χ3n) is 1.40. The first-order valence-electron chi connectivity index (χ1n) is 4.88. The Morgan fingerprint density at radius 1 is 1.24 bits per heavy atom. The van der Waals surface area contributed by atoms with Gasteiger partial charge in [0.2, 0.25) is 0 Å². The average Bonchev–Trinajstić information content (AvgIpc) is 2.19. The quantitative estimate of drug-likeness (QED) is 0.598. The van der Waals surface area contributed by atoms with Gasteiger partial charge in [-0.1, -0.05) is 13.8 Å². The number of halogens is 3. The van der Waals surface area contributed by atoms with Gasteiger partial charge in [-0.3, -0.25) is 4.79 Å². The Hall–Kier alpha value is -1.47. The zero-order valence-electron chi connectivity index (χ0n) is 9.47. The summed E-state index contributed by atoms with van der Waals surface area (Å²) in [6.45, 7) is 3.00. The largest absolute Gasteiger partial charge is 0.508 e. The first-order chi connectivity index (χ1) is 7.73. The Morgan fingerprint density at radius 3 is 2.29 bits per heavy atom. The summed E-state index contributed by atoms with van der Waals surface area (Å²) in [4.78, 5) is 21.1. The van der Waals surface area contributed by atoms with Crippen LogP contribution in [-0.2, 0) is 14.3 Å². The fourth-order valence-corrected chi connectivity index (χ4v) is 0.676. The smallest absolute Gasteiger partial charge is 0.434 e. The van der Waals surface area contributed by atoms with Crippen LogP contribution in [0.4, 0.5) is 18.0 Å². The number of ether oxygens (including phenoxy) is 2. The van der Waals surface area contributed by atoms with Crippen molar-refractivity contribution in [2.75, 3.05) is 19.8 Å². The second-order valence-electron chi connectivity index (χ2n) is 3.56. The molecule has 0 aliphatic rings. The van der Waals surface area contributed by atoms with Crippen molar-refractivity contribution >= 4 is 12.1 Å². The molecule has 0 saturated carbocycles. The highest BCUT2D eigenvalue weighted by Crippen LogP contribution is 2.13. The number of rotatable bonds is 5. The molecule has 0 spiro atoms. The van der Waals surface area contributed by atoms with Gasteiger partial charge in [-0.25, -0.2) is 4.79 Å². The minimum absolute atomic E-state index is 0.132. The summed E-state index contributed by atoms with van der Waals surface area (Å²) >= 11 is 0. The molecule has 100 valence electrons. The van der Waals surface area contributed by atoms with Gasteiger partial charge < -0.3 is 14.8 Å². The summed E-state index contributed by atoms with van der Waals surface area (Å²) in [6, 6.07) is 0. The van der Waals surface area contributed by atoms with Crippen molar-refractivity contribution in [1.82, 2.24) is 5.32 Å². The fraction of sp³-hybridized carbons (Fsp3) is 0.778. The van der Waals surface area contributed by atoms with Gasteiger partial charge in [-0.15, -0.1) is 0 Å². The predicted octanol–water partition coefficient (Wildman–Crippen LogP) is 1.47. The lowest BCUT2D eigenvalue weighted by molar-refractivity contribution is -0.173. The number of hydrogen-bond donors (Lipinski definition) is 1. The van der Waals surface area contributed by atoms with E-state index in [-0.39, 0.29) is 19.1 Å². The van der Waals surface area contributed by atoms with Crippen LogP contribution in [0.3, 0.4) is 0 Å². The van der Waals surface area contributed by atoms with Crippen LogP contribution in [0, 0.1) is 5.92 Å². The van der Waals surface area contributed by atoms with Crippen LogP contribution in [0.25, 0.3) is 0 Å². The Bertz CT molecular complexity index is 265. The SMILES string of the molecule is CC(C)COC(=O)OCCNC(=O)C(F)(F)F. The lowest BCUT2D eigenvalue weighted by Crippen LogP contribution is -2.38. The van der Waals surface area contributed by atoms with Crippen molar-refractivity contribution in [1.29, 1.82) is 0 Å². The number of carbonyl (C=O) groups is 2. The third-order valence-corrected chi connectivity index (χ3v) is 1.40. The number of amides is 1. The van der Waals surface area contributed by atoms with Gasteiger partial charge in [0.25, 0.3) is 0 Å². The Kier molecular flexibility index (Phi) is 6.37. The zero-order chi connectivity index (χ0) is 13.5. The molecular formula is C9H14F3NO4. The minimum Gasteiger partial charge on any atom is -0.434 e. The molecule has 0 saturated heterocycles. The van der Waals surface area contributed by atoms with Crippen LogP contribution in [0.2, 0.25) is 0 Å². The summed E-state index contributed by atoms with van der Waals surface area (Å²) in [5, 5.41) is 1.55. The first kappa shape index (κ1) is 15.5. The second-order valence-corrected chi connectivity index (χ2v) is 3.56. The normalized spacial score (nSPS) is 11.2. The van der Waals surface area contributed by atoms with Crippen LogP contribution < -0.4 is 5.32 Å². The summed E-state index contributed by atoms with van der Waals surface area (Å²) in [6.07, 6.45) is -5.90. The maximum Gasteiger partial charge on any atom is 0.508 e. The van der Waals surface area contributed by atoms with E-state index in [0.29, 0.717) is 0 Å². The molecule has 0 aromatic heterocycles. The molecule has 0 aliphatic carbocycles. The molecule has 0 radical (unpaired) electrons. The van der Waals surface area contributed by atoms with Gasteiger partial charge in [0.15, 0.2) is 0 Å². The molecule has 0 aromatic carbocycles. The van der Waals surface area contributed by atoms with Gasteiger partial charge in [0.05, 0.1) is 13.2 Å². The molecular weight excluding hydrogens is 243 g/mol. The summed E-state index contributed by atoms with van der Waals surface area (Å²) in [5.41, 5.74) is 0. The van der Waals surface area contributed by atoms with Gasteiger partial charge >= 0.3 is 18.2 Å². The second kappa shape index (κ2) is 6.97. The standard InChI is InChI=1S/C9H14F3NO4/c1-6(2)5-17-8(15)16-4-3-13-7(14)9(10,11)12/h6H,3-5H2,1-2H3,(H,13,14). The van der Waals surface area contributed by atoms with Crippen LogP contribution in [0.15, 0.2) is 0 Å². The number of nitrogens with one attached hydrogen (secondary N) is 1. The van der Waals surface area contributed by atoms with Crippen LogP contribution in [-0.4, -0.2) is 38.0 Å². The van der Waals surface area contributed by atoms with Gasteiger partial charge in [0.1, 0.15) is 6.61 Å². The Balaban J connectivity index is 3.58. The van der Waals surface area contributed by atoms with Crippen LogP contribution >= 0.6 is 0 Å². The van der Waals surface area contributed by atoms with E-state index >= 15 is 0 Å². The molecule has 1 N–H and O–H groups in total. The van der Waals surface area contributed by atoms with Gasteiger partial charge in [-0.05, 0) is 5.92 Å². The van der Waals surface area contributed by atoms with E-state index in [4.69, 9.17) is 0 Å². The molecule has 0 rings (SSSR count). The van der Waals surface area contributed by atoms with Crippen LogP contribution in [0.5, 0.6) is 0 Å². The molecule has 5 nitrogen and oxygen atoms in total. The molecule has 17 heavy (non-hydrogen) atoms. The molecule has 0 bridgehead atoms. The molecule has 0 heterocycles. The summed E-state index contributed by atoms with van der Waals surface area (Å²) in [5.74, 6) is -1.94. The highest BCUT2D eigenvalue weighted by Gasteiger charge is 2.38. The molecule has 0 aromatic rings. The van der Waals surface area contributed by atoms with Crippen molar-refractivity contribution in [3.63, 3.8) is 0 Å². The van der Waals surface area contributed by atoms with Crippen molar-refractivity contribution in [3.8, 4) is 0 Å². The van der Waals surface area contributed by atoms with Crippen molar-refractivity contribution < 1.29 is 32.2 Å². The molecule has 8 heteroatoms.